The van der Waals surface area contributed by atoms with Crippen molar-refractivity contribution in [1.82, 2.24) is 0 Å². The van der Waals surface area contributed by atoms with Crippen LogP contribution in [0.15, 0.2) is 42.5 Å². The molecule has 0 bridgehead atoms. The minimum absolute atomic E-state index is 0.0595. The molecule has 5 rings (SSSR count). The highest BCUT2D eigenvalue weighted by Gasteiger charge is 2.26. The molecule has 5 aromatic rings. The maximum Gasteiger partial charge on any atom is 0.336 e. The van der Waals surface area contributed by atoms with E-state index in [9.17, 15) is 39.6 Å². The molecule has 9 heteroatoms. The Morgan fingerprint density at radius 1 is 0.485 bits per heavy atom. The quantitative estimate of drug-likeness (QED) is 0.136. The fraction of sp³-hybridized carbons (Fsp3) is 0. The Bertz CT molecular complexity index is 1710. The van der Waals surface area contributed by atoms with Gasteiger partial charge in [-0.2, -0.15) is 0 Å². The molecule has 8 nitrogen and oxygen atoms in total. The Morgan fingerprint density at radius 3 is 1.33 bits per heavy atom. The number of rotatable bonds is 4. The van der Waals surface area contributed by atoms with Crippen molar-refractivity contribution in [1.29, 1.82) is 0 Å². The number of aromatic carboxylic acids is 4. The molecule has 0 aliphatic rings. The van der Waals surface area contributed by atoms with Gasteiger partial charge in [-0.15, -0.1) is 0 Å². The zero-order chi connectivity index (χ0) is 23.8. The lowest BCUT2D eigenvalue weighted by Crippen LogP contribution is -2.08. The standard InChI is InChI=1S/C24H11IO8/c25-15-7-14(24(32)33)18-13(23(30)31)5-2-9-8-1-4-11(21(26)27)17-12(22(28)29)6-3-10(16(8)17)19(15)20(9)18/h1-7H,(H,26,27)(H,28,29)(H,30,31)(H,32,33). The van der Waals surface area contributed by atoms with Crippen LogP contribution in [-0.2, 0) is 0 Å². The third-order valence-electron chi connectivity index (χ3n) is 5.88. The van der Waals surface area contributed by atoms with Gasteiger partial charge in [0.15, 0.2) is 0 Å². The largest absolute Gasteiger partial charge is 0.478 e. The maximum absolute atomic E-state index is 12.0. The molecule has 0 aromatic heterocycles. The van der Waals surface area contributed by atoms with Crippen molar-refractivity contribution < 1.29 is 39.6 Å². The third-order valence-corrected chi connectivity index (χ3v) is 6.73. The number of carboxylic acid groups (broad SMARTS) is 4. The van der Waals surface area contributed by atoms with Crippen LogP contribution < -0.4 is 0 Å². The van der Waals surface area contributed by atoms with Gasteiger partial charge in [0.2, 0.25) is 0 Å². The second-order valence-electron chi connectivity index (χ2n) is 7.48. The number of fused-ring (bicyclic) bond motifs is 2. The van der Waals surface area contributed by atoms with E-state index in [0.717, 1.165) is 0 Å². The summed E-state index contributed by atoms with van der Waals surface area (Å²) >= 11 is 1.96. The highest BCUT2D eigenvalue weighted by atomic mass is 127. The van der Waals surface area contributed by atoms with Crippen molar-refractivity contribution in [2.75, 3.05) is 0 Å². The summed E-state index contributed by atoms with van der Waals surface area (Å²) in [5.74, 6) is -5.13. The zero-order valence-electron chi connectivity index (χ0n) is 16.3. The Hall–Kier alpha value is -3.99. The van der Waals surface area contributed by atoms with E-state index in [1.165, 1.54) is 24.3 Å². The maximum atomic E-state index is 12.0. The van der Waals surface area contributed by atoms with Crippen LogP contribution in [0.4, 0.5) is 0 Å². The molecule has 0 saturated heterocycles. The molecular formula is C24H11IO8. The van der Waals surface area contributed by atoms with Crippen LogP contribution >= 0.6 is 22.6 Å². The van der Waals surface area contributed by atoms with Gasteiger partial charge in [0.1, 0.15) is 0 Å². The minimum atomic E-state index is -1.28. The molecule has 0 fully saturated rings. The third kappa shape index (κ3) is 2.75. The van der Waals surface area contributed by atoms with Crippen molar-refractivity contribution in [2.45, 2.75) is 0 Å². The molecule has 0 atom stereocenters. The Balaban J connectivity index is 2.21. The SMILES string of the molecule is O=C(O)c1ccc2c3ccc(C(=O)O)c4c(C(=O)O)cc(I)c(c5ccc(C(=O)O)c1c25)c43. The molecule has 162 valence electrons. The summed E-state index contributed by atoms with van der Waals surface area (Å²) < 4.78 is 0.511. The van der Waals surface area contributed by atoms with Gasteiger partial charge in [-0.1, -0.05) is 18.2 Å². The van der Waals surface area contributed by atoms with Crippen LogP contribution in [0.2, 0.25) is 0 Å². The molecule has 33 heavy (non-hydrogen) atoms. The van der Waals surface area contributed by atoms with Crippen LogP contribution in [0.3, 0.4) is 0 Å². The smallest absolute Gasteiger partial charge is 0.336 e. The van der Waals surface area contributed by atoms with Crippen LogP contribution in [0.25, 0.3) is 43.1 Å². The van der Waals surface area contributed by atoms with Crippen LogP contribution in [0, 0.1) is 3.57 Å². The van der Waals surface area contributed by atoms with E-state index in [4.69, 9.17) is 0 Å². The van der Waals surface area contributed by atoms with Crippen LogP contribution in [-0.4, -0.2) is 44.3 Å². The average molecular weight is 554 g/mol. The Labute approximate surface area is 197 Å². The number of carboxylic acids is 4. The highest BCUT2D eigenvalue weighted by molar-refractivity contribution is 14.1. The summed E-state index contributed by atoms with van der Waals surface area (Å²) in [5.41, 5.74) is -0.687. The van der Waals surface area contributed by atoms with Crippen molar-refractivity contribution in [2.24, 2.45) is 0 Å². The van der Waals surface area contributed by atoms with E-state index in [0.29, 0.717) is 35.9 Å². The van der Waals surface area contributed by atoms with Crippen molar-refractivity contribution in [3.63, 3.8) is 0 Å². The number of benzene rings is 5. The van der Waals surface area contributed by atoms with Gasteiger partial charge in [-0.05, 0) is 68.4 Å². The summed E-state index contributed by atoms with van der Waals surface area (Å²) in [6.07, 6.45) is 0. The van der Waals surface area contributed by atoms with Crippen LogP contribution in [0.1, 0.15) is 41.4 Å². The summed E-state index contributed by atoms with van der Waals surface area (Å²) in [7, 11) is 0. The van der Waals surface area contributed by atoms with Gasteiger partial charge in [0.05, 0.1) is 22.3 Å². The van der Waals surface area contributed by atoms with E-state index in [1.54, 1.807) is 18.2 Å². The van der Waals surface area contributed by atoms with E-state index in [1.807, 2.05) is 22.6 Å². The molecule has 0 unspecified atom stereocenters. The number of carbonyl (C=O) groups is 4. The number of hydrogen-bond donors (Lipinski definition) is 4. The molecule has 0 radical (unpaired) electrons. The van der Waals surface area contributed by atoms with E-state index in [2.05, 4.69) is 0 Å². The monoisotopic (exact) mass is 554 g/mol. The van der Waals surface area contributed by atoms with Gasteiger partial charge >= 0.3 is 23.9 Å². The van der Waals surface area contributed by atoms with Gasteiger partial charge in [0, 0.05) is 25.1 Å². The molecule has 5 aromatic carbocycles. The predicted molar refractivity (Wildman–Crippen MR) is 128 cm³/mol. The molecular weight excluding hydrogens is 543 g/mol. The second kappa shape index (κ2) is 7.01. The summed E-state index contributed by atoms with van der Waals surface area (Å²) in [4.78, 5) is 47.8. The number of hydrogen-bond acceptors (Lipinski definition) is 4. The van der Waals surface area contributed by atoms with Gasteiger partial charge < -0.3 is 20.4 Å². The first-order valence-corrected chi connectivity index (χ1v) is 10.5. The first-order valence-electron chi connectivity index (χ1n) is 9.46. The zero-order valence-corrected chi connectivity index (χ0v) is 18.5. The average Bonchev–Trinajstić information content (AvgIpc) is 2.76. The van der Waals surface area contributed by atoms with E-state index < -0.39 is 23.9 Å². The first-order chi connectivity index (χ1) is 15.6. The lowest BCUT2D eigenvalue weighted by molar-refractivity contribution is 0.0681. The second-order valence-corrected chi connectivity index (χ2v) is 8.65. The molecule has 0 amide bonds. The molecule has 4 N–H and O–H groups in total. The van der Waals surface area contributed by atoms with Gasteiger partial charge in [0.25, 0.3) is 0 Å². The molecule has 0 saturated carbocycles. The van der Waals surface area contributed by atoms with E-state index >= 15 is 0 Å². The highest BCUT2D eigenvalue weighted by Crippen LogP contribution is 2.45. The van der Waals surface area contributed by atoms with Crippen molar-refractivity contribution >= 4 is 89.6 Å². The van der Waals surface area contributed by atoms with Crippen molar-refractivity contribution in [3.05, 3.63) is 68.3 Å². The fourth-order valence-corrected chi connectivity index (χ4v) is 5.52. The topological polar surface area (TPSA) is 149 Å². The normalized spacial score (nSPS) is 11.5. The molecule has 0 spiro atoms. The van der Waals surface area contributed by atoms with Gasteiger partial charge in [-0.25, -0.2) is 19.2 Å². The van der Waals surface area contributed by atoms with Crippen LogP contribution in [0.5, 0.6) is 0 Å². The Morgan fingerprint density at radius 2 is 0.879 bits per heavy atom. The van der Waals surface area contributed by atoms with Crippen molar-refractivity contribution in [3.8, 4) is 0 Å². The predicted octanol–water partition coefficient (Wildman–Crippen LogP) is 5.13. The molecule has 0 heterocycles. The summed E-state index contributed by atoms with van der Waals surface area (Å²) in [5, 5.41) is 42.0. The van der Waals surface area contributed by atoms with Gasteiger partial charge in [-0.3, -0.25) is 0 Å². The first kappa shape index (κ1) is 20.9. The molecule has 0 aliphatic heterocycles. The lowest BCUT2D eigenvalue weighted by atomic mass is 9.84. The van der Waals surface area contributed by atoms with E-state index in [-0.39, 0.29) is 33.0 Å². The minimum Gasteiger partial charge on any atom is -0.478 e. The summed E-state index contributed by atoms with van der Waals surface area (Å²) in [6.45, 7) is 0. The fourth-order valence-electron chi connectivity index (χ4n) is 4.65. The lowest BCUT2D eigenvalue weighted by Gasteiger charge is -2.19. The Kier molecular flexibility index (Phi) is 4.43. The molecule has 0 aliphatic carbocycles. The number of halogens is 1. The summed E-state index contributed by atoms with van der Waals surface area (Å²) in [6, 6.07) is 9.95.